The number of halogens is 1. The fraction of sp³-hybridized carbons (Fsp3) is 0.364. The van der Waals surface area contributed by atoms with E-state index >= 15 is 0 Å². The van der Waals surface area contributed by atoms with Crippen molar-refractivity contribution in [1.82, 2.24) is 9.80 Å². The van der Waals surface area contributed by atoms with Crippen molar-refractivity contribution in [3.63, 3.8) is 0 Å². The van der Waals surface area contributed by atoms with Crippen LogP contribution < -0.4 is 4.74 Å². The van der Waals surface area contributed by atoms with Gasteiger partial charge in [-0.3, -0.25) is 9.59 Å². The molecule has 1 fully saturated rings. The number of fused-ring (bicyclic) bond motifs is 3. The van der Waals surface area contributed by atoms with E-state index in [0.29, 0.717) is 31.0 Å². The third-order valence-corrected chi connectivity index (χ3v) is 5.88. The molecule has 1 atom stereocenters. The van der Waals surface area contributed by atoms with Crippen LogP contribution in [-0.2, 0) is 22.4 Å². The van der Waals surface area contributed by atoms with Gasteiger partial charge in [0.05, 0.1) is 19.7 Å². The minimum atomic E-state index is -0.103. The number of aryl methyl sites for hydroxylation is 1. The minimum Gasteiger partial charge on any atom is -0.497 e. The molecule has 146 valence electrons. The molecule has 4 rings (SSSR count). The molecule has 2 aromatic carbocycles. The Morgan fingerprint density at radius 3 is 2.75 bits per heavy atom. The van der Waals surface area contributed by atoms with Gasteiger partial charge in [0.2, 0.25) is 11.8 Å². The predicted molar refractivity (Wildman–Crippen MR) is 108 cm³/mol. The Balaban J connectivity index is 1.45. The standard InChI is InChI=1S/C22H23ClN2O3/c1-28-18-7-2-15(3-8-18)4-9-21(26)24-13-20-19-12-17(23)6-5-16(19)10-11-25(20)22(27)14-24/h2-3,5-8,12,20H,4,9-11,13-14H2,1H3. The summed E-state index contributed by atoms with van der Waals surface area (Å²) in [7, 11) is 1.63. The Morgan fingerprint density at radius 2 is 2.00 bits per heavy atom. The van der Waals surface area contributed by atoms with Crippen molar-refractivity contribution in [3.05, 3.63) is 64.2 Å². The lowest BCUT2D eigenvalue weighted by atomic mass is 9.90. The molecular formula is C22H23ClN2O3. The second-order valence-electron chi connectivity index (χ2n) is 7.32. The summed E-state index contributed by atoms with van der Waals surface area (Å²) in [5, 5.41) is 0.663. The highest BCUT2D eigenvalue weighted by Crippen LogP contribution is 2.34. The van der Waals surface area contributed by atoms with Crippen molar-refractivity contribution in [1.29, 1.82) is 0 Å². The fourth-order valence-corrected chi connectivity index (χ4v) is 4.26. The molecule has 1 saturated heterocycles. The van der Waals surface area contributed by atoms with Crippen molar-refractivity contribution in [2.45, 2.75) is 25.3 Å². The summed E-state index contributed by atoms with van der Waals surface area (Å²) >= 11 is 6.19. The topological polar surface area (TPSA) is 49.9 Å². The molecule has 0 aliphatic carbocycles. The first-order valence-corrected chi connectivity index (χ1v) is 9.91. The molecule has 5 nitrogen and oxygen atoms in total. The lowest BCUT2D eigenvalue weighted by molar-refractivity contribution is -0.149. The van der Waals surface area contributed by atoms with Gasteiger partial charge in [-0.05, 0) is 53.8 Å². The zero-order valence-electron chi connectivity index (χ0n) is 15.9. The Hall–Kier alpha value is -2.53. The van der Waals surface area contributed by atoms with Crippen LogP contribution in [0.1, 0.15) is 29.2 Å². The zero-order chi connectivity index (χ0) is 19.7. The molecule has 0 aromatic heterocycles. The molecule has 6 heteroatoms. The van der Waals surface area contributed by atoms with Crippen LogP contribution in [0.3, 0.4) is 0 Å². The quantitative estimate of drug-likeness (QED) is 0.794. The third-order valence-electron chi connectivity index (χ3n) is 5.64. The minimum absolute atomic E-state index is 0.0120. The molecule has 0 saturated carbocycles. The van der Waals surface area contributed by atoms with Crippen LogP contribution in [0.2, 0.25) is 5.02 Å². The van der Waals surface area contributed by atoms with Gasteiger partial charge < -0.3 is 14.5 Å². The first-order chi connectivity index (χ1) is 13.5. The lowest BCUT2D eigenvalue weighted by Gasteiger charge is -2.44. The van der Waals surface area contributed by atoms with Gasteiger partial charge in [-0.15, -0.1) is 0 Å². The molecule has 0 bridgehead atoms. The number of amides is 2. The Morgan fingerprint density at radius 1 is 1.21 bits per heavy atom. The molecular weight excluding hydrogens is 376 g/mol. The number of ether oxygens (including phenoxy) is 1. The van der Waals surface area contributed by atoms with E-state index < -0.39 is 0 Å². The van der Waals surface area contributed by atoms with E-state index in [1.54, 1.807) is 12.0 Å². The number of methoxy groups -OCH3 is 1. The second kappa shape index (κ2) is 7.84. The third kappa shape index (κ3) is 3.72. The molecule has 2 heterocycles. The van der Waals surface area contributed by atoms with E-state index in [1.165, 1.54) is 5.56 Å². The van der Waals surface area contributed by atoms with E-state index in [1.807, 2.05) is 47.4 Å². The summed E-state index contributed by atoms with van der Waals surface area (Å²) in [5.41, 5.74) is 3.36. The molecule has 0 N–H and O–H groups in total. The first kappa shape index (κ1) is 18.8. The average molecular weight is 399 g/mol. The van der Waals surface area contributed by atoms with Gasteiger partial charge >= 0.3 is 0 Å². The van der Waals surface area contributed by atoms with Crippen LogP contribution in [0.4, 0.5) is 0 Å². The van der Waals surface area contributed by atoms with Gasteiger partial charge in [0.15, 0.2) is 0 Å². The predicted octanol–water partition coefficient (Wildman–Crippen LogP) is 3.25. The van der Waals surface area contributed by atoms with E-state index in [4.69, 9.17) is 16.3 Å². The molecule has 2 amide bonds. The maximum Gasteiger partial charge on any atom is 0.242 e. The Labute approximate surface area is 169 Å². The number of rotatable bonds is 4. The van der Waals surface area contributed by atoms with Crippen LogP contribution in [0.5, 0.6) is 5.75 Å². The van der Waals surface area contributed by atoms with Crippen molar-refractivity contribution >= 4 is 23.4 Å². The number of hydrogen-bond donors (Lipinski definition) is 0. The van der Waals surface area contributed by atoms with E-state index in [0.717, 1.165) is 23.3 Å². The number of carbonyl (C=O) groups excluding carboxylic acids is 2. The van der Waals surface area contributed by atoms with Gasteiger partial charge in [-0.2, -0.15) is 0 Å². The monoisotopic (exact) mass is 398 g/mol. The second-order valence-corrected chi connectivity index (χ2v) is 7.75. The summed E-state index contributed by atoms with van der Waals surface area (Å²) in [4.78, 5) is 29.1. The smallest absolute Gasteiger partial charge is 0.242 e. The fourth-order valence-electron chi connectivity index (χ4n) is 4.08. The molecule has 2 aromatic rings. The lowest BCUT2D eigenvalue weighted by Crippen LogP contribution is -2.55. The van der Waals surface area contributed by atoms with E-state index in [9.17, 15) is 9.59 Å². The number of hydrogen-bond acceptors (Lipinski definition) is 3. The van der Waals surface area contributed by atoms with Gasteiger partial charge in [-0.1, -0.05) is 29.8 Å². The molecule has 28 heavy (non-hydrogen) atoms. The van der Waals surface area contributed by atoms with Crippen LogP contribution in [-0.4, -0.2) is 48.4 Å². The van der Waals surface area contributed by atoms with Crippen LogP contribution >= 0.6 is 11.6 Å². The maximum absolute atomic E-state index is 12.8. The van der Waals surface area contributed by atoms with Crippen molar-refractivity contribution in [2.75, 3.05) is 26.7 Å². The van der Waals surface area contributed by atoms with Crippen LogP contribution in [0.25, 0.3) is 0 Å². The number of carbonyl (C=O) groups is 2. The first-order valence-electron chi connectivity index (χ1n) is 9.53. The number of nitrogens with zero attached hydrogens (tertiary/aromatic N) is 2. The Kier molecular flexibility index (Phi) is 5.27. The Bertz CT molecular complexity index is 897. The van der Waals surface area contributed by atoms with Crippen LogP contribution in [0.15, 0.2) is 42.5 Å². The molecule has 0 spiro atoms. The van der Waals surface area contributed by atoms with Crippen molar-refractivity contribution in [2.24, 2.45) is 0 Å². The van der Waals surface area contributed by atoms with Crippen LogP contribution in [0, 0.1) is 0 Å². The van der Waals surface area contributed by atoms with Gasteiger partial charge in [0, 0.05) is 24.5 Å². The molecule has 0 radical (unpaired) electrons. The summed E-state index contributed by atoms with van der Waals surface area (Å²) in [6.07, 6.45) is 1.86. The summed E-state index contributed by atoms with van der Waals surface area (Å²) in [5.74, 6) is 0.823. The number of benzene rings is 2. The molecule has 2 aliphatic heterocycles. The number of piperazine rings is 1. The highest BCUT2D eigenvalue weighted by Gasteiger charge is 2.38. The van der Waals surface area contributed by atoms with Crippen molar-refractivity contribution < 1.29 is 14.3 Å². The van der Waals surface area contributed by atoms with Crippen molar-refractivity contribution in [3.8, 4) is 5.75 Å². The highest BCUT2D eigenvalue weighted by atomic mass is 35.5. The summed E-state index contributed by atoms with van der Waals surface area (Å²) in [6, 6.07) is 13.5. The van der Waals surface area contributed by atoms with E-state index in [-0.39, 0.29) is 24.4 Å². The van der Waals surface area contributed by atoms with Gasteiger partial charge in [0.25, 0.3) is 0 Å². The molecule has 2 aliphatic rings. The summed E-state index contributed by atoms with van der Waals surface area (Å²) in [6.45, 7) is 1.39. The SMILES string of the molecule is COc1ccc(CCC(=O)N2CC(=O)N3CCc4ccc(Cl)cc4C3C2)cc1. The molecule has 1 unspecified atom stereocenters. The zero-order valence-corrected chi connectivity index (χ0v) is 16.6. The van der Waals surface area contributed by atoms with Gasteiger partial charge in [0.1, 0.15) is 5.75 Å². The maximum atomic E-state index is 12.8. The normalized spacial score (nSPS) is 18.5. The summed E-state index contributed by atoms with van der Waals surface area (Å²) < 4.78 is 5.16. The average Bonchev–Trinajstić information content (AvgIpc) is 2.72. The largest absolute Gasteiger partial charge is 0.497 e. The van der Waals surface area contributed by atoms with E-state index in [2.05, 4.69) is 0 Å². The van der Waals surface area contributed by atoms with Gasteiger partial charge in [-0.25, -0.2) is 0 Å². The highest BCUT2D eigenvalue weighted by molar-refractivity contribution is 6.30.